The van der Waals surface area contributed by atoms with Gasteiger partial charge in [-0.05, 0) is 50.3 Å². The number of aryl methyl sites for hydroxylation is 2. The van der Waals surface area contributed by atoms with E-state index in [2.05, 4.69) is 45.9 Å². The Morgan fingerprint density at radius 2 is 1.47 bits per heavy atom. The fraction of sp³-hybridized carbons (Fsp3) is 0.467. The molecule has 1 rings (SSSR count). The van der Waals surface area contributed by atoms with Crippen LogP contribution in [0.4, 0.5) is 0 Å². The lowest BCUT2D eigenvalue weighted by Gasteiger charge is -2.07. The molecule has 0 bridgehead atoms. The monoisotopic (exact) mass is 204 g/mol. The molecular formula is C15H24. The molecular weight excluding hydrogens is 180 g/mol. The van der Waals surface area contributed by atoms with E-state index in [4.69, 9.17) is 0 Å². The minimum absolute atomic E-state index is 0.647. The normalized spacial score (nSPS) is 10.3. The zero-order valence-electron chi connectivity index (χ0n) is 11.0. The zero-order valence-corrected chi connectivity index (χ0v) is 11.0. The van der Waals surface area contributed by atoms with E-state index in [1.807, 2.05) is 26.0 Å². The standard InChI is InChI=1S/C11H16.C4H8/c1-8(2)11-6-5-9(3)10(4)7-11;1-3-4-2/h5-8H,1-4H3;3-4H,1-2H3/b;4-3-. The van der Waals surface area contributed by atoms with E-state index in [1.165, 1.54) is 16.7 Å². The van der Waals surface area contributed by atoms with Crippen molar-refractivity contribution >= 4 is 0 Å². The van der Waals surface area contributed by atoms with Crippen LogP contribution in [0, 0.1) is 13.8 Å². The van der Waals surface area contributed by atoms with Crippen LogP contribution in [0.1, 0.15) is 50.3 Å². The Kier molecular flexibility index (Phi) is 6.77. The summed E-state index contributed by atoms with van der Waals surface area (Å²) in [5, 5.41) is 0. The average Bonchev–Trinajstić information content (AvgIpc) is 2.22. The number of hydrogen-bond donors (Lipinski definition) is 0. The summed E-state index contributed by atoms with van der Waals surface area (Å²) in [5.74, 6) is 0.647. The van der Waals surface area contributed by atoms with Crippen LogP contribution in [0.3, 0.4) is 0 Å². The summed E-state index contributed by atoms with van der Waals surface area (Å²) in [6, 6.07) is 6.69. The van der Waals surface area contributed by atoms with Crippen molar-refractivity contribution < 1.29 is 0 Å². The molecule has 0 aliphatic rings. The average molecular weight is 204 g/mol. The van der Waals surface area contributed by atoms with Crippen LogP contribution >= 0.6 is 0 Å². The summed E-state index contributed by atoms with van der Waals surface area (Å²) < 4.78 is 0. The van der Waals surface area contributed by atoms with E-state index in [0.717, 1.165) is 0 Å². The van der Waals surface area contributed by atoms with Gasteiger partial charge in [0.05, 0.1) is 0 Å². The van der Waals surface area contributed by atoms with Gasteiger partial charge < -0.3 is 0 Å². The van der Waals surface area contributed by atoms with E-state index in [9.17, 15) is 0 Å². The maximum atomic E-state index is 2.28. The van der Waals surface area contributed by atoms with Crippen molar-refractivity contribution in [1.29, 1.82) is 0 Å². The third-order valence-corrected chi connectivity index (χ3v) is 2.53. The van der Waals surface area contributed by atoms with Gasteiger partial charge >= 0.3 is 0 Å². The van der Waals surface area contributed by atoms with E-state index in [0.29, 0.717) is 5.92 Å². The highest BCUT2D eigenvalue weighted by Crippen LogP contribution is 2.17. The highest BCUT2D eigenvalue weighted by Gasteiger charge is 1.99. The molecule has 0 N–H and O–H groups in total. The molecule has 0 spiro atoms. The fourth-order valence-electron chi connectivity index (χ4n) is 1.12. The predicted octanol–water partition coefficient (Wildman–Crippen LogP) is 5.01. The zero-order chi connectivity index (χ0) is 11.8. The lowest BCUT2D eigenvalue weighted by Crippen LogP contribution is -1.89. The molecule has 0 fully saturated rings. The van der Waals surface area contributed by atoms with Gasteiger partial charge in [-0.15, -0.1) is 0 Å². The van der Waals surface area contributed by atoms with Gasteiger partial charge in [0.1, 0.15) is 0 Å². The van der Waals surface area contributed by atoms with Crippen LogP contribution in [-0.2, 0) is 0 Å². The second kappa shape index (κ2) is 7.28. The minimum Gasteiger partial charge on any atom is -0.0919 e. The first kappa shape index (κ1) is 14.0. The molecule has 0 saturated heterocycles. The molecule has 0 aromatic heterocycles. The number of rotatable bonds is 1. The summed E-state index contributed by atoms with van der Waals surface area (Å²) >= 11 is 0. The van der Waals surface area contributed by atoms with Crippen molar-refractivity contribution in [3.63, 3.8) is 0 Å². The van der Waals surface area contributed by atoms with Crippen LogP contribution in [0.25, 0.3) is 0 Å². The molecule has 1 aromatic carbocycles. The van der Waals surface area contributed by atoms with Gasteiger partial charge in [-0.2, -0.15) is 0 Å². The Bertz CT molecular complexity index is 302. The SMILES string of the molecule is C/C=C\C.Cc1ccc(C(C)C)cc1C. The Morgan fingerprint density at radius 3 is 1.80 bits per heavy atom. The van der Waals surface area contributed by atoms with Gasteiger partial charge in [0.25, 0.3) is 0 Å². The van der Waals surface area contributed by atoms with Crippen molar-refractivity contribution in [2.75, 3.05) is 0 Å². The van der Waals surface area contributed by atoms with Gasteiger partial charge in [0.15, 0.2) is 0 Å². The fourth-order valence-corrected chi connectivity index (χ4v) is 1.12. The quantitative estimate of drug-likeness (QED) is 0.564. The summed E-state index contributed by atoms with van der Waals surface area (Å²) in [6.07, 6.45) is 4.00. The molecule has 0 aliphatic carbocycles. The van der Waals surface area contributed by atoms with E-state index < -0.39 is 0 Å². The second-order valence-corrected chi connectivity index (χ2v) is 4.17. The van der Waals surface area contributed by atoms with Gasteiger partial charge in [0, 0.05) is 0 Å². The summed E-state index contributed by atoms with van der Waals surface area (Å²) in [7, 11) is 0. The smallest absolute Gasteiger partial charge is 0.0219 e. The first-order valence-corrected chi connectivity index (χ1v) is 5.67. The Hall–Kier alpha value is -1.04. The maximum Gasteiger partial charge on any atom is -0.0219 e. The largest absolute Gasteiger partial charge is 0.0919 e. The van der Waals surface area contributed by atoms with Gasteiger partial charge in [-0.1, -0.05) is 44.2 Å². The molecule has 0 aliphatic heterocycles. The molecule has 0 heterocycles. The third-order valence-electron chi connectivity index (χ3n) is 2.53. The molecule has 0 heteroatoms. The van der Waals surface area contributed by atoms with E-state index >= 15 is 0 Å². The first-order valence-electron chi connectivity index (χ1n) is 5.67. The molecule has 15 heavy (non-hydrogen) atoms. The Labute approximate surface area is 95.0 Å². The number of allylic oxidation sites excluding steroid dienone is 2. The molecule has 84 valence electrons. The highest BCUT2D eigenvalue weighted by molar-refractivity contribution is 5.31. The van der Waals surface area contributed by atoms with E-state index in [-0.39, 0.29) is 0 Å². The van der Waals surface area contributed by atoms with Crippen molar-refractivity contribution in [2.24, 2.45) is 0 Å². The maximum absolute atomic E-state index is 2.28. The van der Waals surface area contributed by atoms with Crippen LogP contribution in [0.15, 0.2) is 30.4 Å². The van der Waals surface area contributed by atoms with Crippen LogP contribution < -0.4 is 0 Å². The Morgan fingerprint density at radius 1 is 0.933 bits per heavy atom. The molecule has 0 amide bonds. The van der Waals surface area contributed by atoms with E-state index in [1.54, 1.807) is 0 Å². The Balaban J connectivity index is 0.000000423. The van der Waals surface area contributed by atoms with Crippen molar-refractivity contribution in [2.45, 2.75) is 47.5 Å². The first-order chi connectivity index (χ1) is 7.02. The van der Waals surface area contributed by atoms with Gasteiger partial charge in [0.2, 0.25) is 0 Å². The van der Waals surface area contributed by atoms with Gasteiger partial charge in [-0.3, -0.25) is 0 Å². The highest BCUT2D eigenvalue weighted by atomic mass is 14.0. The predicted molar refractivity (Wildman–Crippen MR) is 70.5 cm³/mol. The topological polar surface area (TPSA) is 0 Å². The second-order valence-electron chi connectivity index (χ2n) is 4.17. The number of benzene rings is 1. The molecule has 0 radical (unpaired) electrons. The minimum atomic E-state index is 0.647. The van der Waals surface area contributed by atoms with Crippen LogP contribution in [0.2, 0.25) is 0 Å². The molecule has 1 aromatic rings. The van der Waals surface area contributed by atoms with Crippen molar-refractivity contribution in [3.05, 3.63) is 47.0 Å². The molecule has 0 atom stereocenters. The van der Waals surface area contributed by atoms with Crippen LogP contribution in [-0.4, -0.2) is 0 Å². The molecule has 0 nitrogen and oxygen atoms in total. The number of hydrogen-bond acceptors (Lipinski definition) is 0. The lowest BCUT2D eigenvalue weighted by molar-refractivity contribution is 0.864. The summed E-state index contributed by atoms with van der Waals surface area (Å²) in [4.78, 5) is 0. The van der Waals surface area contributed by atoms with Crippen molar-refractivity contribution in [3.8, 4) is 0 Å². The summed E-state index contributed by atoms with van der Waals surface area (Å²) in [5.41, 5.74) is 4.22. The van der Waals surface area contributed by atoms with Gasteiger partial charge in [-0.25, -0.2) is 0 Å². The molecule has 0 unspecified atom stereocenters. The third kappa shape index (κ3) is 5.41. The van der Waals surface area contributed by atoms with Crippen molar-refractivity contribution in [1.82, 2.24) is 0 Å². The summed E-state index contributed by atoms with van der Waals surface area (Å²) in [6.45, 7) is 12.8. The lowest BCUT2D eigenvalue weighted by atomic mass is 9.99. The molecule has 0 saturated carbocycles. The van der Waals surface area contributed by atoms with Crippen LogP contribution in [0.5, 0.6) is 0 Å².